The fourth-order valence-electron chi connectivity index (χ4n) is 2.86. The van der Waals surface area contributed by atoms with Gasteiger partial charge in [-0.25, -0.2) is 4.90 Å². The Morgan fingerprint density at radius 2 is 2.00 bits per heavy atom. The highest BCUT2D eigenvalue weighted by Gasteiger charge is 2.39. The number of rotatable bonds is 5. The molecule has 0 bridgehead atoms. The number of nitrogens with zero attached hydrogens (tertiary/aromatic N) is 4. The molecule has 0 spiro atoms. The summed E-state index contributed by atoms with van der Waals surface area (Å²) in [6.45, 7) is 2.33. The third-order valence-corrected chi connectivity index (χ3v) is 4.22. The minimum Gasteiger partial charge on any atom is -0.569 e. The van der Waals surface area contributed by atoms with E-state index in [4.69, 9.17) is 9.94 Å². The molecule has 128 valence electrons. The predicted octanol–water partition coefficient (Wildman–Crippen LogP) is 0.752. The zero-order valence-corrected chi connectivity index (χ0v) is 13.2. The third kappa shape index (κ3) is 2.78. The number of benzene rings is 1. The van der Waals surface area contributed by atoms with Crippen LogP contribution in [0.5, 0.6) is 0 Å². The average Bonchev–Trinajstić information content (AvgIpc) is 3.17. The summed E-state index contributed by atoms with van der Waals surface area (Å²) in [7, 11) is 0. The van der Waals surface area contributed by atoms with E-state index in [1.165, 1.54) is 11.9 Å². The highest BCUT2D eigenvalue weighted by molar-refractivity contribution is 6.21. The van der Waals surface area contributed by atoms with Crippen LogP contribution in [-0.4, -0.2) is 57.7 Å². The van der Waals surface area contributed by atoms with Crippen molar-refractivity contribution in [1.29, 1.82) is 0 Å². The highest BCUT2D eigenvalue weighted by atomic mass is 16.7. The Morgan fingerprint density at radius 3 is 2.54 bits per heavy atom. The molecule has 9 heteroatoms. The van der Waals surface area contributed by atoms with Crippen molar-refractivity contribution in [2.24, 2.45) is 11.2 Å². The van der Waals surface area contributed by atoms with Crippen molar-refractivity contribution in [3.8, 4) is 0 Å². The second-order valence-corrected chi connectivity index (χ2v) is 5.81. The lowest BCUT2D eigenvalue weighted by Crippen LogP contribution is -2.39. The summed E-state index contributed by atoms with van der Waals surface area (Å²) in [5.74, 6) is -0.917. The maximum atomic E-state index is 12.3. The minimum absolute atomic E-state index is 0.0106. The van der Waals surface area contributed by atoms with Gasteiger partial charge in [0.1, 0.15) is 0 Å². The van der Waals surface area contributed by atoms with Crippen LogP contribution in [0.2, 0.25) is 0 Å². The fraction of sp³-hybridized carbons (Fsp3) is 0.467. The number of aliphatic hydroxyl groups excluding tert-OH is 1. The van der Waals surface area contributed by atoms with E-state index in [0.717, 1.165) is 4.90 Å². The van der Waals surface area contributed by atoms with Gasteiger partial charge in [0.25, 0.3) is 11.8 Å². The van der Waals surface area contributed by atoms with Gasteiger partial charge in [-0.05, 0) is 25.5 Å². The Bertz CT molecular complexity index is 657. The van der Waals surface area contributed by atoms with Gasteiger partial charge in [-0.1, -0.05) is 12.1 Å². The quantitative estimate of drug-likeness (QED) is 0.368. The molecule has 1 saturated heterocycles. The number of aliphatic hydroxyl groups is 1. The Kier molecular flexibility index (Phi) is 4.34. The van der Waals surface area contributed by atoms with Crippen molar-refractivity contribution >= 4 is 11.8 Å². The first-order valence-electron chi connectivity index (χ1n) is 7.69. The van der Waals surface area contributed by atoms with E-state index in [2.05, 4.69) is 5.28 Å². The van der Waals surface area contributed by atoms with E-state index >= 15 is 0 Å². The normalized spacial score (nSPS) is 22.1. The van der Waals surface area contributed by atoms with Gasteiger partial charge in [0.2, 0.25) is 11.5 Å². The first-order chi connectivity index (χ1) is 11.5. The summed E-state index contributed by atoms with van der Waals surface area (Å²) in [5, 5.41) is 25.8. The predicted molar refractivity (Wildman–Crippen MR) is 80.3 cm³/mol. The van der Waals surface area contributed by atoms with Crippen LogP contribution < -0.4 is 0 Å². The largest absolute Gasteiger partial charge is 0.569 e. The van der Waals surface area contributed by atoms with E-state index in [1.54, 1.807) is 24.3 Å². The molecule has 1 aromatic carbocycles. The second-order valence-electron chi connectivity index (χ2n) is 5.81. The van der Waals surface area contributed by atoms with Gasteiger partial charge in [0, 0.05) is 12.5 Å². The smallest absolute Gasteiger partial charge is 0.264 e. The molecule has 9 nitrogen and oxygen atoms in total. The van der Waals surface area contributed by atoms with Crippen molar-refractivity contribution < 1.29 is 24.5 Å². The molecule has 0 saturated carbocycles. The van der Waals surface area contributed by atoms with Crippen LogP contribution in [0.4, 0.5) is 0 Å². The molecule has 3 rings (SSSR count). The van der Waals surface area contributed by atoms with E-state index < -0.39 is 18.0 Å². The molecular weight excluding hydrogens is 316 g/mol. The molecule has 1 fully saturated rings. The fourth-order valence-corrected chi connectivity index (χ4v) is 2.86. The Labute approximate surface area is 138 Å². The van der Waals surface area contributed by atoms with E-state index in [-0.39, 0.29) is 12.5 Å². The van der Waals surface area contributed by atoms with Crippen molar-refractivity contribution in [2.75, 3.05) is 19.7 Å². The summed E-state index contributed by atoms with van der Waals surface area (Å²) in [4.78, 5) is 30.9. The molecule has 2 heterocycles. The van der Waals surface area contributed by atoms with Gasteiger partial charge in [-0.2, -0.15) is 0 Å². The molecule has 24 heavy (non-hydrogen) atoms. The molecule has 2 aliphatic rings. The van der Waals surface area contributed by atoms with E-state index in [1.807, 2.05) is 0 Å². The van der Waals surface area contributed by atoms with Crippen molar-refractivity contribution in [2.45, 2.75) is 19.6 Å². The monoisotopic (exact) mass is 334 g/mol. The summed E-state index contributed by atoms with van der Waals surface area (Å²) in [6, 6.07) is 6.48. The lowest BCUT2D eigenvalue weighted by molar-refractivity contribution is -0.709. The van der Waals surface area contributed by atoms with E-state index in [9.17, 15) is 14.8 Å². The molecule has 2 amide bonds. The van der Waals surface area contributed by atoms with Crippen LogP contribution in [-0.2, 0) is 4.84 Å². The molecule has 1 aromatic rings. The summed E-state index contributed by atoms with van der Waals surface area (Å²) in [6.07, 6.45) is -0.316. The molecule has 2 aliphatic heterocycles. The van der Waals surface area contributed by atoms with Crippen molar-refractivity contribution in [3.05, 3.63) is 40.6 Å². The van der Waals surface area contributed by atoms with Crippen LogP contribution >= 0.6 is 0 Å². The minimum atomic E-state index is -1.01. The molecule has 0 aromatic heterocycles. The van der Waals surface area contributed by atoms with E-state index in [0.29, 0.717) is 35.6 Å². The first-order valence-corrected chi connectivity index (χ1v) is 7.69. The number of hydrazine groups is 1. The van der Waals surface area contributed by atoms with Crippen LogP contribution in [0, 0.1) is 11.1 Å². The zero-order valence-electron chi connectivity index (χ0n) is 13.2. The van der Waals surface area contributed by atoms with Crippen molar-refractivity contribution in [1.82, 2.24) is 9.91 Å². The number of hydrogen-bond donors (Lipinski definition) is 1. The average molecular weight is 334 g/mol. The third-order valence-electron chi connectivity index (χ3n) is 4.22. The van der Waals surface area contributed by atoms with Gasteiger partial charge >= 0.3 is 0 Å². The number of hydrogen-bond acceptors (Lipinski definition) is 6. The summed E-state index contributed by atoms with van der Waals surface area (Å²) < 4.78 is 0. The Morgan fingerprint density at radius 1 is 1.38 bits per heavy atom. The standard InChI is InChI=1S/C15H18N4O5/c1-10(24-16-19(23)17-7-6-11(8-17)9-20)18-14(21)12-4-2-3-5-13(12)15(18)22/h2-5,10-11,20H,6-9H2,1H3/b19-16+. The summed E-state index contributed by atoms with van der Waals surface area (Å²) in [5.41, 5.74) is 0.615. The number of fused-ring (bicyclic) bond motifs is 1. The molecule has 0 radical (unpaired) electrons. The topological polar surface area (TPSA) is 109 Å². The number of carbonyl (C=O) groups excluding carboxylic acids is 2. The van der Waals surface area contributed by atoms with Gasteiger partial charge < -0.3 is 15.2 Å². The van der Waals surface area contributed by atoms with Crippen LogP contribution in [0.3, 0.4) is 0 Å². The number of imide groups is 1. The first kappa shape index (κ1) is 16.2. The number of carbonyl (C=O) groups is 2. The van der Waals surface area contributed by atoms with Gasteiger partial charge in [-0.3, -0.25) is 9.59 Å². The van der Waals surface area contributed by atoms with Crippen LogP contribution in [0.25, 0.3) is 0 Å². The van der Waals surface area contributed by atoms with Gasteiger partial charge in [-0.15, -0.1) is 5.01 Å². The Hall–Kier alpha value is -2.68. The van der Waals surface area contributed by atoms with Crippen LogP contribution in [0.15, 0.2) is 29.5 Å². The van der Waals surface area contributed by atoms with Gasteiger partial charge in [0.15, 0.2) is 0 Å². The molecule has 0 aliphatic carbocycles. The number of amides is 2. The molecule has 1 N–H and O–H groups in total. The Balaban J connectivity index is 1.66. The molecule has 2 atom stereocenters. The van der Waals surface area contributed by atoms with Crippen molar-refractivity contribution in [3.63, 3.8) is 0 Å². The highest BCUT2D eigenvalue weighted by Crippen LogP contribution is 2.25. The van der Waals surface area contributed by atoms with Gasteiger partial charge in [0.05, 0.1) is 29.2 Å². The summed E-state index contributed by atoms with van der Waals surface area (Å²) >= 11 is 0. The molecule has 2 unspecified atom stereocenters. The second kappa shape index (κ2) is 6.44. The lowest BCUT2D eigenvalue weighted by Gasteiger charge is -2.19. The molecular formula is C15H18N4O5. The lowest BCUT2D eigenvalue weighted by atomic mass is 10.1. The van der Waals surface area contributed by atoms with Crippen LogP contribution in [0.1, 0.15) is 34.1 Å². The SMILES string of the molecule is CC(O/N=[N+](/[O-])N1CCC(CO)C1)N1C(=O)c2ccccc2C1=O. The maximum absolute atomic E-state index is 12.3. The zero-order chi connectivity index (χ0) is 17.3. The maximum Gasteiger partial charge on any atom is 0.264 e.